The van der Waals surface area contributed by atoms with Gasteiger partial charge in [-0.15, -0.1) is 0 Å². The van der Waals surface area contributed by atoms with Crippen LogP contribution in [0.3, 0.4) is 0 Å². The highest BCUT2D eigenvalue weighted by Gasteiger charge is 2.24. The van der Waals surface area contributed by atoms with Crippen LogP contribution in [0.25, 0.3) is 27.5 Å². The molecule has 0 unspecified atom stereocenters. The van der Waals surface area contributed by atoms with E-state index in [1.54, 1.807) is 35.9 Å². The smallest absolute Gasteiger partial charge is 0.296 e. The number of nitrogens with one attached hydrogen (secondary N) is 1. The first kappa shape index (κ1) is 22.5. The molecule has 1 amide bonds. The summed E-state index contributed by atoms with van der Waals surface area (Å²) in [6, 6.07) is 14.6. The fraction of sp³-hybridized carbons (Fsp3) is 0.0800. The van der Waals surface area contributed by atoms with Gasteiger partial charge in [0, 0.05) is 29.4 Å². The average Bonchev–Trinajstić information content (AvgIpc) is 3.14. The summed E-state index contributed by atoms with van der Waals surface area (Å²) in [5.41, 5.74) is 0.398. The van der Waals surface area contributed by atoms with E-state index < -0.39 is 23.1 Å². The molecule has 0 saturated carbocycles. The number of carbonyl (C=O) groups excluding carboxylic acids is 1. The first-order chi connectivity index (χ1) is 16.8. The lowest BCUT2D eigenvalue weighted by molar-refractivity contribution is 0.102. The number of benzene rings is 3. The molecule has 2 aromatic heterocycles. The standard InChI is InChI=1S/C25H17ClF2N4O3/c1-31-19-6-4-3-5-15(19)21-22(24(33)29-18-9-7-13(27)11-17(18)28)30-32(25(34)23(21)31)14-8-10-20(35-2)16(26)12-14/h3-12H,1-2H3,(H,29,33). The maximum absolute atomic E-state index is 14.3. The van der Waals surface area contributed by atoms with E-state index in [1.807, 2.05) is 12.1 Å². The lowest BCUT2D eigenvalue weighted by Gasteiger charge is -2.12. The van der Waals surface area contributed by atoms with E-state index in [0.717, 1.165) is 16.8 Å². The van der Waals surface area contributed by atoms with Gasteiger partial charge in [0.05, 0.1) is 23.5 Å². The maximum Gasteiger partial charge on any atom is 0.296 e. The highest BCUT2D eigenvalue weighted by atomic mass is 35.5. The quantitative estimate of drug-likeness (QED) is 0.378. The topological polar surface area (TPSA) is 78.2 Å². The largest absolute Gasteiger partial charge is 0.495 e. The molecule has 5 rings (SSSR count). The molecule has 35 heavy (non-hydrogen) atoms. The minimum absolute atomic E-state index is 0.118. The lowest BCUT2D eigenvalue weighted by atomic mass is 10.1. The van der Waals surface area contributed by atoms with E-state index in [-0.39, 0.29) is 21.9 Å². The Kier molecular flexibility index (Phi) is 5.49. The number of rotatable bonds is 4. The van der Waals surface area contributed by atoms with Gasteiger partial charge >= 0.3 is 0 Å². The van der Waals surface area contributed by atoms with Crippen LogP contribution in [0, 0.1) is 11.6 Å². The van der Waals surface area contributed by atoms with Crippen molar-refractivity contribution in [1.29, 1.82) is 0 Å². The van der Waals surface area contributed by atoms with E-state index >= 15 is 0 Å². The molecule has 0 atom stereocenters. The Bertz CT molecular complexity index is 1710. The Hall–Kier alpha value is -4.24. The zero-order chi connectivity index (χ0) is 24.9. The average molecular weight is 495 g/mol. The third-order valence-electron chi connectivity index (χ3n) is 5.71. The molecule has 2 heterocycles. The number of para-hydroxylation sites is 1. The number of nitrogens with zero attached hydrogens (tertiary/aromatic N) is 3. The summed E-state index contributed by atoms with van der Waals surface area (Å²) in [6.07, 6.45) is 0. The van der Waals surface area contributed by atoms with Gasteiger partial charge in [-0.1, -0.05) is 29.8 Å². The molecule has 0 aliphatic heterocycles. The number of halogens is 3. The lowest BCUT2D eigenvalue weighted by Crippen LogP contribution is -2.27. The molecule has 7 nitrogen and oxygen atoms in total. The van der Waals surface area contributed by atoms with Crippen molar-refractivity contribution in [2.45, 2.75) is 0 Å². The van der Waals surface area contributed by atoms with E-state index in [1.165, 1.54) is 13.2 Å². The molecule has 0 aliphatic carbocycles. The SMILES string of the molecule is COc1ccc(-n2nc(C(=O)Nc3ccc(F)cc3F)c3c4ccccc4n(C)c3c2=O)cc1Cl. The van der Waals surface area contributed by atoms with Crippen molar-refractivity contribution >= 4 is 45.0 Å². The molecular weight excluding hydrogens is 478 g/mol. The highest BCUT2D eigenvalue weighted by Crippen LogP contribution is 2.30. The molecule has 0 saturated heterocycles. The summed E-state index contributed by atoms with van der Waals surface area (Å²) in [7, 11) is 3.17. The monoisotopic (exact) mass is 494 g/mol. The van der Waals surface area contributed by atoms with Crippen molar-refractivity contribution in [2.75, 3.05) is 12.4 Å². The van der Waals surface area contributed by atoms with Crippen LogP contribution in [0.5, 0.6) is 5.75 Å². The number of anilines is 1. The fourth-order valence-electron chi connectivity index (χ4n) is 4.07. The zero-order valence-electron chi connectivity index (χ0n) is 18.5. The van der Waals surface area contributed by atoms with E-state index in [2.05, 4.69) is 10.4 Å². The van der Waals surface area contributed by atoms with Crippen molar-refractivity contribution in [3.05, 3.63) is 93.4 Å². The molecule has 176 valence electrons. The van der Waals surface area contributed by atoms with Crippen molar-refractivity contribution in [3.63, 3.8) is 0 Å². The van der Waals surface area contributed by atoms with Gasteiger partial charge in [-0.2, -0.15) is 9.78 Å². The van der Waals surface area contributed by atoms with Crippen LogP contribution < -0.4 is 15.6 Å². The first-order valence-electron chi connectivity index (χ1n) is 10.4. The molecule has 3 aromatic carbocycles. The van der Waals surface area contributed by atoms with Crippen molar-refractivity contribution in [1.82, 2.24) is 14.3 Å². The van der Waals surface area contributed by atoms with Crippen molar-refractivity contribution in [2.24, 2.45) is 7.05 Å². The van der Waals surface area contributed by atoms with Crippen LogP contribution in [-0.2, 0) is 7.05 Å². The van der Waals surface area contributed by atoms with Gasteiger partial charge in [0.15, 0.2) is 5.69 Å². The Balaban J connectivity index is 1.79. The molecule has 1 N–H and O–H groups in total. The molecule has 0 aliphatic rings. The minimum atomic E-state index is -0.942. The van der Waals surface area contributed by atoms with Crippen LogP contribution in [0.4, 0.5) is 14.5 Å². The Labute approximate surface area is 202 Å². The number of amides is 1. The molecule has 0 radical (unpaired) electrons. The van der Waals surface area contributed by atoms with Crippen LogP contribution in [0.1, 0.15) is 10.5 Å². The number of carbonyl (C=O) groups is 1. The molecular formula is C25H17ClF2N4O3. The van der Waals surface area contributed by atoms with Crippen molar-refractivity contribution < 1.29 is 18.3 Å². The minimum Gasteiger partial charge on any atom is -0.495 e. The van der Waals surface area contributed by atoms with Gasteiger partial charge in [0.2, 0.25) is 0 Å². The number of aromatic nitrogens is 3. The molecule has 0 spiro atoms. The normalized spacial score (nSPS) is 11.2. The van der Waals surface area contributed by atoms with Gasteiger partial charge in [-0.3, -0.25) is 9.59 Å². The van der Waals surface area contributed by atoms with Gasteiger partial charge in [-0.05, 0) is 36.4 Å². The van der Waals surface area contributed by atoms with Crippen LogP contribution in [-0.4, -0.2) is 27.4 Å². The summed E-state index contributed by atoms with van der Waals surface area (Å²) in [5.74, 6) is -2.09. The Morgan fingerprint density at radius 2 is 1.86 bits per heavy atom. The van der Waals surface area contributed by atoms with Crippen LogP contribution in [0.15, 0.2) is 65.5 Å². The number of hydrogen-bond acceptors (Lipinski definition) is 4. The predicted octanol–water partition coefficient (Wildman–Crippen LogP) is 5.07. The third-order valence-corrected chi connectivity index (χ3v) is 6.01. The van der Waals surface area contributed by atoms with E-state index in [9.17, 15) is 18.4 Å². The maximum atomic E-state index is 14.3. The number of ether oxygens (including phenoxy) is 1. The van der Waals surface area contributed by atoms with Gasteiger partial charge in [-0.25, -0.2) is 8.78 Å². The summed E-state index contributed by atoms with van der Waals surface area (Å²) < 4.78 is 35.5. The summed E-state index contributed by atoms with van der Waals surface area (Å²) in [6.45, 7) is 0. The summed E-state index contributed by atoms with van der Waals surface area (Å²) in [4.78, 5) is 27.0. The van der Waals surface area contributed by atoms with E-state index in [0.29, 0.717) is 33.8 Å². The number of hydrogen-bond donors (Lipinski definition) is 1. The van der Waals surface area contributed by atoms with Crippen LogP contribution in [0.2, 0.25) is 5.02 Å². The Morgan fingerprint density at radius 1 is 1.09 bits per heavy atom. The zero-order valence-corrected chi connectivity index (χ0v) is 19.2. The molecule has 0 bridgehead atoms. The second-order valence-corrected chi connectivity index (χ2v) is 8.17. The second kappa shape index (κ2) is 8.52. The Morgan fingerprint density at radius 3 is 2.57 bits per heavy atom. The molecule has 5 aromatic rings. The highest BCUT2D eigenvalue weighted by molar-refractivity contribution is 6.32. The van der Waals surface area contributed by atoms with Crippen molar-refractivity contribution in [3.8, 4) is 11.4 Å². The third kappa shape index (κ3) is 3.70. The fourth-order valence-corrected chi connectivity index (χ4v) is 4.32. The molecule has 0 fully saturated rings. The second-order valence-electron chi connectivity index (χ2n) is 7.76. The van der Waals surface area contributed by atoms with Crippen LogP contribution >= 0.6 is 11.6 Å². The van der Waals surface area contributed by atoms with E-state index in [4.69, 9.17) is 16.3 Å². The number of aryl methyl sites for hydroxylation is 1. The first-order valence-corrected chi connectivity index (χ1v) is 10.8. The molecule has 10 heteroatoms. The van der Waals surface area contributed by atoms with Gasteiger partial charge in [0.25, 0.3) is 11.5 Å². The van der Waals surface area contributed by atoms with Gasteiger partial charge < -0.3 is 14.6 Å². The number of fused-ring (bicyclic) bond motifs is 3. The predicted molar refractivity (Wildman–Crippen MR) is 130 cm³/mol. The number of methoxy groups -OCH3 is 1. The summed E-state index contributed by atoms with van der Waals surface area (Å²) >= 11 is 6.26. The summed E-state index contributed by atoms with van der Waals surface area (Å²) in [5, 5.41) is 7.97. The van der Waals surface area contributed by atoms with Gasteiger partial charge in [0.1, 0.15) is 22.9 Å².